The number of ether oxygens (including phenoxy) is 1. The summed E-state index contributed by atoms with van der Waals surface area (Å²) in [7, 11) is 1.25. The minimum atomic E-state index is -1.55. The first-order chi connectivity index (χ1) is 8.10. The van der Waals surface area contributed by atoms with Gasteiger partial charge in [0.05, 0.1) is 7.11 Å². The topological polar surface area (TPSA) is 43.4 Å². The second kappa shape index (κ2) is 4.49. The van der Waals surface area contributed by atoms with Gasteiger partial charge in [0.2, 0.25) is 4.87 Å². The van der Waals surface area contributed by atoms with Crippen LogP contribution < -0.4 is 0 Å². The lowest BCUT2D eigenvalue weighted by Gasteiger charge is -2.22. The molecule has 0 radical (unpaired) electrons. The summed E-state index contributed by atoms with van der Waals surface area (Å²) in [5.41, 5.74) is 0.444. The summed E-state index contributed by atoms with van der Waals surface area (Å²) in [5, 5.41) is 0. The summed E-state index contributed by atoms with van der Waals surface area (Å²) in [4.78, 5) is 22.5. The Labute approximate surface area is 105 Å². The molecular weight excluding hydrogens is 240 g/mol. The molecule has 0 spiro atoms. The molecule has 1 aromatic carbocycles. The fourth-order valence-corrected chi connectivity index (χ4v) is 2.28. The smallest absolute Gasteiger partial charge is 0.335 e. The third-order valence-electron chi connectivity index (χ3n) is 2.99. The predicted octanol–water partition coefficient (Wildman–Crippen LogP) is 2.43. The number of alkyl halides is 1. The predicted molar refractivity (Wildman–Crippen MR) is 64.1 cm³/mol. The van der Waals surface area contributed by atoms with E-state index in [1.54, 1.807) is 24.3 Å². The molecule has 1 saturated carbocycles. The third kappa shape index (κ3) is 2.07. The summed E-state index contributed by atoms with van der Waals surface area (Å²) in [6, 6.07) is 8.61. The van der Waals surface area contributed by atoms with Gasteiger partial charge in [0.25, 0.3) is 0 Å². The molecule has 0 N–H and O–H groups in total. The molecule has 1 aliphatic carbocycles. The number of hydrogen-bond donors (Lipinski definition) is 0. The van der Waals surface area contributed by atoms with Gasteiger partial charge in [0, 0.05) is 5.56 Å². The number of esters is 1. The standard InChI is InChI=1S/C13H13ClO3/c1-17-12(16)13(14,10-7-8-10)11(15)9-5-3-2-4-6-9/h2-6,10H,7-8H2,1H3. The summed E-state index contributed by atoms with van der Waals surface area (Å²) in [5.74, 6) is -1.13. The van der Waals surface area contributed by atoms with Gasteiger partial charge >= 0.3 is 5.97 Å². The zero-order valence-electron chi connectivity index (χ0n) is 9.48. The zero-order chi connectivity index (χ0) is 12.5. The van der Waals surface area contributed by atoms with Crippen molar-refractivity contribution in [2.45, 2.75) is 17.7 Å². The van der Waals surface area contributed by atoms with Crippen molar-refractivity contribution in [3.8, 4) is 0 Å². The highest BCUT2D eigenvalue weighted by molar-refractivity contribution is 6.48. The molecule has 0 aromatic heterocycles. The molecule has 0 aliphatic heterocycles. The number of hydrogen-bond acceptors (Lipinski definition) is 3. The van der Waals surface area contributed by atoms with E-state index in [1.165, 1.54) is 7.11 Å². The van der Waals surface area contributed by atoms with Crippen LogP contribution in [0.4, 0.5) is 0 Å². The van der Waals surface area contributed by atoms with Crippen molar-refractivity contribution in [2.24, 2.45) is 5.92 Å². The fraction of sp³-hybridized carbons (Fsp3) is 0.385. The second-order valence-electron chi connectivity index (χ2n) is 4.17. The van der Waals surface area contributed by atoms with Gasteiger partial charge in [0.15, 0.2) is 5.78 Å². The van der Waals surface area contributed by atoms with Crippen LogP contribution in [-0.4, -0.2) is 23.7 Å². The Kier molecular flexibility index (Phi) is 3.20. The Morgan fingerprint density at radius 1 is 1.29 bits per heavy atom. The van der Waals surface area contributed by atoms with Crippen LogP contribution in [0.25, 0.3) is 0 Å². The van der Waals surface area contributed by atoms with Gasteiger partial charge in [-0.3, -0.25) is 4.79 Å². The molecule has 1 aromatic rings. The molecule has 90 valence electrons. The molecule has 1 atom stereocenters. The van der Waals surface area contributed by atoms with Crippen LogP contribution in [-0.2, 0) is 9.53 Å². The Hall–Kier alpha value is -1.35. The maximum atomic E-state index is 12.3. The van der Waals surface area contributed by atoms with E-state index in [4.69, 9.17) is 11.6 Å². The van der Waals surface area contributed by atoms with Crippen molar-refractivity contribution in [1.82, 2.24) is 0 Å². The van der Waals surface area contributed by atoms with E-state index in [-0.39, 0.29) is 11.7 Å². The minimum absolute atomic E-state index is 0.107. The zero-order valence-corrected chi connectivity index (χ0v) is 10.2. The van der Waals surface area contributed by atoms with Crippen molar-refractivity contribution in [3.63, 3.8) is 0 Å². The monoisotopic (exact) mass is 252 g/mol. The summed E-state index contributed by atoms with van der Waals surface area (Å²) < 4.78 is 4.67. The van der Waals surface area contributed by atoms with E-state index in [2.05, 4.69) is 4.74 Å². The largest absolute Gasteiger partial charge is 0.467 e. The lowest BCUT2D eigenvalue weighted by atomic mass is 9.92. The molecule has 0 heterocycles. The fourth-order valence-electron chi connectivity index (χ4n) is 1.87. The number of benzene rings is 1. The van der Waals surface area contributed by atoms with E-state index in [0.29, 0.717) is 5.56 Å². The van der Waals surface area contributed by atoms with E-state index < -0.39 is 10.8 Å². The highest BCUT2D eigenvalue weighted by atomic mass is 35.5. The van der Waals surface area contributed by atoms with Crippen molar-refractivity contribution in [2.75, 3.05) is 7.11 Å². The first-order valence-electron chi connectivity index (χ1n) is 5.48. The van der Waals surface area contributed by atoms with Crippen LogP contribution in [0.15, 0.2) is 30.3 Å². The molecule has 3 nitrogen and oxygen atoms in total. The van der Waals surface area contributed by atoms with Crippen LogP contribution in [0, 0.1) is 5.92 Å². The quantitative estimate of drug-likeness (QED) is 0.358. The molecule has 0 amide bonds. The van der Waals surface area contributed by atoms with Crippen LogP contribution in [0.2, 0.25) is 0 Å². The van der Waals surface area contributed by atoms with E-state index in [9.17, 15) is 9.59 Å². The number of carbonyl (C=O) groups excluding carboxylic acids is 2. The minimum Gasteiger partial charge on any atom is -0.467 e. The number of Topliss-reactive ketones (excluding diaryl/α,β-unsaturated/α-hetero) is 1. The SMILES string of the molecule is COC(=O)C(Cl)(C(=O)c1ccccc1)C1CC1. The molecule has 4 heteroatoms. The summed E-state index contributed by atoms with van der Waals surface area (Å²) in [6.07, 6.45) is 1.58. The van der Waals surface area contributed by atoms with Gasteiger partial charge in [-0.25, -0.2) is 4.79 Å². The van der Waals surface area contributed by atoms with Gasteiger partial charge in [-0.2, -0.15) is 0 Å². The maximum Gasteiger partial charge on any atom is 0.335 e. The average molecular weight is 253 g/mol. The Morgan fingerprint density at radius 3 is 2.35 bits per heavy atom. The summed E-state index contributed by atoms with van der Waals surface area (Å²) in [6.45, 7) is 0. The molecule has 1 aliphatic rings. The van der Waals surface area contributed by atoms with Crippen molar-refractivity contribution in [1.29, 1.82) is 0 Å². The van der Waals surface area contributed by atoms with Gasteiger partial charge < -0.3 is 4.74 Å². The normalized spacial score (nSPS) is 18.2. The lowest BCUT2D eigenvalue weighted by molar-refractivity contribution is -0.142. The van der Waals surface area contributed by atoms with Crippen LogP contribution in [0.1, 0.15) is 23.2 Å². The third-order valence-corrected chi connectivity index (χ3v) is 3.62. The van der Waals surface area contributed by atoms with Crippen LogP contribution >= 0.6 is 11.6 Å². The van der Waals surface area contributed by atoms with Crippen molar-refractivity contribution >= 4 is 23.4 Å². The Bertz CT molecular complexity index is 439. The number of ketones is 1. The van der Waals surface area contributed by atoms with Gasteiger partial charge in [-0.1, -0.05) is 41.9 Å². The van der Waals surface area contributed by atoms with Gasteiger partial charge in [-0.15, -0.1) is 0 Å². The Balaban J connectivity index is 2.35. The van der Waals surface area contributed by atoms with E-state index in [0.717, 1.165) is 12.8 Å². The first-order valence-corrected chi connectivity index (χ1v) is 5.85. The first kappa shape index (κ1) is 12.1. The molecule has 0 saturated heterocycles. The van der Waals surface area contributed by atoms with Gasteiger partial charge in [-0.05, 0) is 18.8 Å². The highest BCUT2D eigenvalue weighted by Gasteiger charge is 2.56. The number of halogens is 1. The van der Waals surface area contributed by atoms with Gasteiger partial charge in [0.1, 0.15) is 0 Å². The molecule has 1 unspecified atom stereocenters. The van der Waals surface area contributed by atoms with Crippen LogP contribution in [0.5, 0.6) is 0 Å². The summed E-state index contributed by atoms with van der Waals surface area (Å²) >= 11 is 6.25. The molecule has 0 bridgehead atoms. The number of rotatable bonds is 4. The van der Waals surface area contributed by atoms with Crippen molar-refractivity contribution < 1.29 is 14.3 Å². The highest BCUT2D eigenvalue weighted by Crippen LogP contribution is 2.46. The maximum absolute atomic E-state index is 12.3. The van der Waals surface area contributed by atoms with E-state index >= 15 is 0 Å². The molecular formula is C13H13ClO3. The molecule has 2 rings (SSSR count). The molecule has 1 fully saturated rings. The Morgan fingerprint density at radius 2 is 1.88 bits per heavy atom. The number of methoxy groups -OCH3 is 1. The lowest BCUT2D eigenvalue weighted by Crippen LogP contribution is -2.44. The molecule has 17 heavy (non-hydrogen) atoms. The number of carbonyl (C=O) groups is 2. The second-order valence-corrected chi connectivity index (χ2v) is 4.77. The van der Waals surface area contributed by atoms with Crippen LogP contribution in [0.3, 0.4) is 0 Å². The van der Waals surface area contributed by atoms with Crippen molar-refractivity contribution in [3.05, 3.63) is 35.9 Å². The average Bonchev–Trinajstić information content (AvgIpc) is 3.21. The van der Waals surface area contributed by atoms with E-state index in [1.807, 2.05) is 6.07 Å².